The van der Waals surface area contributed by atoms with Crippen LogP contribution in [-0.4, -0.2) is 11.1 Å². The highest BCUT2D eigenvalue weighted by Crippen LogP contribution is 2.33. The molecule has 0 saturated carbocycles. The molecule has 0 saturated heterocycles. The van der Waals surface area contributed by atoms with Gasteiger partial charge in [-0.15, -0.1) is 0 Å². The molecule has 1 N–H and O–H groups in total. The van der Waals surface area contributed by atoms with Gasteiger partial charge in [0, 0.05) is 0 Å². The van der Waals surface area contributed by atoms with Crippen molar-refractivity contribution < 1.29 is 9.90 Å². The number of unbranched alkanes of at least 4 members (excludes halogenated alkanes) is 11. The van der Waals surface area contributed by atoms with Crippen molar-refractivity contribution in [1.82, 2.24) is 0 Å². The van der Waals surface area contributed by atoms with Gasteiger partial charge in [0.05, 0.1) is 5.41 Å². The van der Waals surface area contributed by atoms with Gasteiger partial charge in [0.2, 0.25) is 0 Å². The Labute approximate surface area is 145 Å². The molecule has 2 heteroatoms. The summed E-state index contributed by atoms with van der Waals surface area (Å²) in [5, 5.41) is 9.33. The largest absolute Gasteiger partial charge is 0.481 e. The van der Waals surface area contributed by atoms with Gasteiger partial charge in [0.15, 0.2) is 0 Å². The van der Waals surface area contributed by atoms with Crippen LogP contribution in [0.2, 0.25) is 0 Å². The fourth-order valence-electron chi connectivity index (χ4n) is 3.48. The minimum absolute atomic E-state index is 0.308. The number of carbonyl (C=O) groups is 1. The lowest BCUT2D eigenvalue weighted by Gasteiger charge is -2.29. The van der Waals surface area contributed by atoms with Crippen molar-refractivity contribution in [1.29, 1.82) is 0 Å². The molecule has 0 aromatic heterocycles. The highest BCUT2D eigenvalue weighted by Gasteiger charge is 2.34. The van der Waals surface area contributed by atoms with E-state index in [1.807, 2.05) is 13.8 Å². The van der Waals surface area contributed by atoms with Crippen molar-refractivity contribution >= 4 is 5.97 Å². The van der Waals surface area contributed by atoms with Gasteiger partial charge < -0.3 is 5.11 Å². The summed E-state index contributed by atoms with van der Waals surface area (Å²) >= 11 is 0. The monoisotopic (exact) mass is 326 g/mol. The maximum absolute atomic E-state index is 11.3. The smallest absolute Gasteiger partial charge is 0.309 e. The van der Waals surface area contributed by atoms with Crippen LogP contribution >= 0.6 is 0 Å². The molecule has 0 aliphatic rings. The van der Waals surface area contributed by atoms with Crippen molar-refractivity contribution in [2.45, 2.75) is 118 Å². The number of rotatable bonds is 16. The molecule has 0 heterocycles. The van der Waals surface area contributed by atoms with Gasteiger partial charge in [0.25, 0.3) is 0 Å². The molecule has 1 atom stereocenters. The zero-order valence-electron chi connectivity index (χ0n) is 16.3. The Morgan fingerprint density at radius 2 is 1.17 bits per heavy atom. The second kappa shape index (κ2) is 13.9. The molecule has 23 heavy (non-hydrogen) atoms. The molecule has 2 nitrogen and oxygen atoms in total. The molecule has 0 spiro atoms. The van der Waals surface area contributed by atoms with E-state index in [4.69, 9.17) is 0 Å². The van der Waals surface area contributed by atoms with Crippen LogP contribution in [0.5, 0.6) is 0 Å². The van der Waals surface area contributed by atoms with Gasteiger partial charge in [0.1, 0.15) is 0 Å². The molecule has 0 fully saturated rings. The summed E-state index contributed by atoms with van der Waals surface area (Å²) in [6.07, 6.45) is 18.3. The average molecular weight is 327 g/mol. The first-order chi connectivity index (χ1) is 11.0. The Bertz CT molecular complexity index is 284. The Kier molecular flexibility index (Phi) is 13.5. The maximum Gasteiger partial charge on any atom is 0.309 e. The predicted molar refractivity (Wildman–Crippen MR) is 101 cm³/mol. The maximum atomic E-state index is 11.3. The van der Waals surface area contributed by atoms with Crippen molar-refractivity contribution in [3.8, 4) is 0 Å². The summed E-state index contributed by atoms with van der Waals surface area (Å²) in [6.45, 7) is 8.15. The summed E-state index contributed by atoms with van der Waals surface area (Å²) in [5.41, 5.74) is -0.577. The third kappa shape index (κ3) is 10.8. The zero-order chi connectivity index (χ0) is 17.6. The standard InChI is InChI=1S/C21H42O2/c1-5-7-8-9-10-11-12-13-14-15-16-17-18-19(6-2)21(3,4)20(22)23/h19H,5-18H2,1-4H3,(H,22,23). The van der Waals surface area contributed by atoms with Gasteiger partial charge in [-0.25, -0.2) is 0 Å². The van der Waals surface area contributed by atoms with Gasteiger partial charge in [-0.3, -0.25) is 4.79 Å². The summed E-state index contributed by atoms with van der Waals surface area (Å²) in [6, 6.07) is 0. The number of carboxylic acid groups (broad SMARTS) is 1. The lowest BCUT2D eigenvalue weighted by molar-refractivity contribution is -0.150. The highest BCUT2D eigenvalue weighted by molar-refractivity contribution is 5.73. The van der Waals surface area contributed by atoms with Crippen LogP contribution in [-0.2, 0) is 4.79 Å². The van der Waals surface area contributed by atoms with Crippen molar-refractivity contribution in [2.75, 3.05) is 0 Å². The number of hydrogen-bond donors (Lipinski definition) is 1. The molecule has 0 aromatic rings. The van der Waals surface area contributed by atoms with E-state index in [1.165, 1.54) is 77.0 Å². The van der Waals surface area contributed by atoms with Crippen LogP contribution in [0.15, 0.2) is 0 Å². The van der Waals surface area contributed by atoms with Crippen molar-refractivity contribution in [3.05, 3.63) is 0 Å². The number of hydrogen-bond acceptors (Lipinski definition) is 1. The summed E-state index contributed by atoms with van der Waals surface area (Å²) in [5.74, 6) is -0.341. The molecule has 0 aromatic carbocycles. The fraction of sp³-hybridized carbons (Fsp3) is 0.952. The average Bonchev–Trinajstić information content (AvgIpc) is 2.51. The summed E-state index contributed by atoms with van der Waals surface area (Å²) in [4.78, 5) is 11.3. The summed E-state index contributed by atoms with van der Waals surface area (Å²) in [7, 11) is 0. The Morgan fingerprint density at radius 3 is 1.52 bits per heavy atom. The second-order valence-electron chi connectivity index (χ2n) is 7.81. The van der Waals surface area contributed by atoms with Crippen LogP contribution in [0.4, 0.5) is 0 Å². The first kappa shape index (κ1) is 22.5. The topological polar surface area (TPSA) is 37.3 Å². The third-order valence-corrected chi connectivity index (χ3v) is 5.47. The third-order valence-electron chi connectivity index (χ3n) is 5.47. The van der Waals surface area contributed by atoms with E-state index in [1.54, 1.807) is 0 Å². The number of aliphatic carboxylic acids is 1. The first-order valence-corrected chi connectivity index (χ1v) is 10.2. The molecule has 0 aliphatic heterocycles. The molecular weight excluding hydrogens is 284 g/mol. The highest BCUT2D eigenvalue weighted by atomic mass is 16.4. The molecule has 0 amide bonds. The molecule has 1 unspecified atom stereocenters. The quantitative estimate of drug-likeness (QED) is 0.304. The minimum atomic E-state index is -0.650. The van der Waals surface area contributed by atoms with Crippen LogP contribution in [0.1, 0.15) is 118 Å². The van der Waals surface area contributed by atoms with Crippen LogP contribution in [0.3, 0.4) is 0 Å². The van der Waals surface area contributed by atoms with Crippen molar-refractivity contribution in [3.63, 3.8) is 0 Å². The zero-order valence-corrected chi connectivity index (χ0v) is 16.3. The minimum Gasteiger partial charge on any atom is -0.481 e. The normalized spacial score (nSPS) is 13.2. The Hall–Kier alpha value is -0.530. The molecule has 138 valence electrons. The number of carboxylic acids is 1. The van der Waals surface area contributed by atoms with Gasteiger partial charge in [-0.05, 0) is 26.2 Å². The molecule has 0 bridgehead atoms. The van der Waals surface area contributed by atoms with Crippen LogP contribution in [0, 0.1) is 11.3 Å². The SMILES string of the molecule is CCCCCCCCCCCCCCC(CC)C(C)(C)C(=O)O. The fourth-order valence-corrected chi connectivity index (χ4v) is 3.48. The molecule has 0 radical (unpaired) electrons. The van der Waals surface area contributed by atoms with Crippen LogP contribution in [0.25, 0.3) is 0 Å². The second-order valence-corrected chi connectivity index (χ2v) is 7.81. The predicted octanol–water partition coefficient (Wildman–Crippen LogP) is 7.21. The van der Waals surface area contributed by atoms with E-state index in [0.717, 1.165) is 12.8 Å². The van der Waals surface area contributed by atoms with Gasteiger partial charge in [-0.1, -0.05) is 97.3 Å². The van der Waals surface area contributed by atoms with Crippen molar-refractivity contribution in [2.24, 2.45) is 11.3 Å². The van der Waals surface area contributed by atoms with E-state index >= 15 is 0 Å². The van der Waals surface area contributed by atoms with Gasteiger partial charge in [-0.2, -0.15) is 0 Å². The van der Waals surface area contributed by atoms with E-state index in [-0.39, 0.29) is 0 Å². The lowest BCUT2D eigenvalue weighted by atomic mass is 9.74. The van der Waals surface area contributed by atoms with E-state index < -0.39 is 11.4 Å². The van der Waals surface area contributed by atoms with E-state index in [2.05, 4.69) is 13.8 Å². The summed E-state index contributed by atoms with van der Waals surface area (Å²) < 4.78 is 0. The molecular formula is C21H42O2. The van der Waals surface area contributed by atoms with E-state index in [9.17, 15) is 9.90 Å². The molecule has 0 aliphatic carbocycles. The molecule has 0 rings (SSSR count). The Morgan fingerprint density at radius 1 is 0.783 bits per heavy atom. The Balaban J connectivity index is 3.49. The first-order valence-electron chi connectivity index (χ1n) is 10.2. The van der Waals surface area contributed by atoms with E-state index in [0.29, 0.717) is 5.92 Å². The van der Waals surface area contributed by atoms with Crippen LogP contribution < -0.4 is 0 Å². The lowest BCUT2D eigenvalue weighted by Crippen LogP contribution is -2.32. The van der Waals surface area contributed by atoms with Gasteiger partial charge >= 0.3 is 5.97 Å².